The average Bonchev–Trinajstić information content (AvgIpc) is 3.15. The number of fused-ring (bicyclic) bond motifs is 1. The van der Waals surface area contributed by atoms with Crippen LogP contribution in [0.4, 0.5) is 35.0 Å². The third kappa shape index (κ3) is 5.13. The molecule has 186 valence electrons. The smallest absolute Gasteiger partial charge is 0.397 e. The fraction of sp³-hybridized carbons (Fsp3) is 0.0909. The van der Waals surface area contributed by atoms with E-state index >= 15 is 0 Å². The first kappa shape index (κ1) is 25.1. The Morgan fingerprint density at radius 1 is 1.03 bits per heavy atom. The van der Waals surface area contributed by atoms with Gasteiger partial charge in [-0.25, -0.2) is 14.8 Å². The van der Waals surface area contributed by atoms with E-state index in [4.69, 9.17) is 11.5 Å². The van der Waals surface area contributed by atoms with Crippen LogP contribution in [-0.4, -0.2) is 32.4 Å². The number of alkyl halides is 3. The monoisotopic (exact) mass is 534 g/mol. The van der Waals surface area contributed by atoms with E-state index in [2.05, 4.69) is 20.6 Å². The number of thiophene rings is 1. The van der Waals surface area contributed by atoms with Crippen molar-refractivity contribution in [3.05, 3.63) is 59.0 Å². The summed E-state index contributed by atoms with van der Waals surface area (Å²) < 4.78 is 50.3. The van der Waals surface area contributed by atoms with Gasteiger partial charge in [0.05, 0.1) is 33.1 Å². The zero-order valence-corrected chi connectivity index (χ0v) is 20.0. The molecule has 6 N–H and O–H groups in total. The van der Waals surface area contributed by atoms with Gasteiger partial charge in [0.2, 0.25) is 5.16 Å². The molecule has 0 aliphatic carbocycles. The summed E-state index contributed by atoms with van der Waals surface area (Å²) in [5.41, 5.74) is 12.1. The predicted molar refractivity (Wildman–Crippen MR) is 132 cm³/mol. The van der Waals surface area contributed by atoms with Crippen molar-refractivity contribution < 1.29 is 27.0 Å². The van der Waals surface area contributed by atoms with Crippen LogP contribution >= 0.6 is 11.3 Å². The minimum absolute atomic E-state index is 0.0215. The molecule has 4 rings (SSSR count). The number of hydrogen-bond acceptors (Lipinski definition) is 7. The molecule has 36 heavy (non-hydrogen) atoms. The molecule has 9 nitrogen and oxygen atoms in total. The van der Waals surface area contributed by atoms with E-state index < -0.39 is 34.5 Å². The molecular weight excluding hydrogens is 517 g/mol. The maximum Gasteiger partial charge on any atom is 0.416 e. The first-order valence-corrected chi connectivity index (χ1v) is 12.4. The number of aromatic nitrogens is 2. The van der Waals surface area contributed by atoms with Crippen LogP contribution < -0.4 is 22.1 Å². The molecule has 1 atom stereocenters. The highest BCUT2D eigenvalue weighted by Gasteiger charge is 2.30. The zero-order valence-electron chi connectivity index (χ0n) is 18.3. The van der Waals surface area contributed by atoms with Crippen molar-refractivity contribution in [1.82, 2.24) is 9.97 Å². The zero-order chi connectivity index (χ0) is 26.2. The van der Waals surface area contributed by atoms with Gasteiger partial charge in [0.1, 0.15) is 9.71 Å². The molecule has 2 heterocycles. The van der Waals surface area contributed by atoms with Gasteiger partial charge in [0.25, 0.3) is 5.91 Å². The maximum absolute atomic E-state index is 12.7. The molecule has 0 spiro atoms. The van der Waals surface area contributed by atoms with E-state index in [-0.39, 0.29) is 21.4 Å². The number of nitrogens with zero attached hydrogens (tertiary/aromatic N) is 2. The molecule has 14 heteroatoms. The van der Waals surface area contributed by atoms with Crippen molar-refractivity contribution in [2.24, 2.45) is 5.73 Å². The molecular formula is C22H17F3N6O3S2. The Labute approximate surface area is 208 Å². The second-order valence-electron chi connectivity index (χ2n) is 7.43. The van der Waals surface area contributed by atoms with Crippen molar-refractivity contribution in [1.29, 1.82) is 0 Å². The number of halogens is 3. The molecule has 0 saturated carbocycles. The van der Waals surface area contributed by atoms with Gasteiger partial charge < -0.3 is 22.1 Å². The molecule has 0 aliphatic rings. The van der Waals surface area contributed by atoms with Crippen molar-refractivity contribution in [2.75, 3.05) is 22.6 Å². The second kappa shape index (κ2) is 9.54. The van der Waals surface area contributed by atoms with Gasteiger partial charge in [0, 0.05) is 23.2 Å². The number of rotatable bonds is 5. The van der Waals surface area contributed by atoms with Crippen LogP contribution in [0.15, 0.2) is 53.7 Å². The van der Waals surface area contributed by atoms with Crippen LogP contribution in [0.1, 0.15) is 15.2 Å². The van der Waals surface area contributed by atoms with E-state index in [1.165, 1.54) is 6.26 Å². The van der Waals surface area contributed by atoms with Crippen LogP contribution in [0, 0.1) is 0 Å². The first-order valence-electron chi connectivity index (χ1n) is 10.0. The van der Waals surface area contributed by atoms with Gasteiger partial charge in [-0.3, -0.25) is 9.00 Å². The molecule has 0 radical (unpaired) electrons. The van der Waals surface area contributed by atoms with Gasteiger partial charge in [-0.05, 0) is 36.4 Å². The van der Waals surface area contributed by atoms with Gasteiger partial charge in [-0.15, -0.1) is 11.3 Å². The van der Waals surface area contributed by atoms with E-state index in [1.807, 2.05) is 0 Å². The number of urea groups is 1. The van der Waals surface area contributed by atoms with Gasteiger partial charge in [-0.1, -0.05) is 12.1 Å². The molecule has 1 unspecified atom stereocenters. The Kier molecular flexibility index (Phi) is 6.65. The molecule has 3 amide bonds. The van der Waals surface area contributed by atoms with E-state index in [9.17, 15) is 27.0 Å². The number of anilines is 3. The number of benzene rings is 2. The Bertz CT molecular complexity index is 1520. The first-order chi connectivity index (χ1) is 16.9. The van der Waals surface area contributed by atoms with Crippen molar-refractivity contribution in [3.8, 4) is 11.3 Å². The minimum atomic E-state index is -4.48. The van der Waals surface area contributed by atoms with E-state index in [0.717, 1.165) is 35.6 Å². The van der Waals surface area contributed by atoms with E-state index in [0.29, 0.717) is 27.2 Å². The number of nitrogens with one attached hydrogen (secondary N) is 2. The largest absolute Gasteiger partial charge is 0.416 e. The lowest BCUT2D eigenvalue weighted by atomic mass is 10.1. The molecule has 0 fully saturated rings. The fourth-order valence-electron chi connectivity index (χ4n) is 3.30. The highest BCUT2D eigenvalue weighted by molar-refractivity contribution is 7.84. The summed E-state index contributed by atoms with van der Waals surface area (Å²) in [6, 6.07) is 9.74. The second-order valence-corrected chi connectivity index (χ2v) is 9.71. The number of amides is 3. The summed E-state index contributed by atoms with van der Waals surface area (Å²) >= 11 is 0.956. The Hall–Kier alpha value is -4.04. The third-order valence-electron chi connectivity index (χ3n) is 4.91. The fourth-order valence-corrected chi connectivity index (χ4v) is 4.75. The van der Waals surface area contributed by atoms with Crippen LogP contribution in [0.2, 0.25) is 0 Å². The van der Waals surface area contributed by atoms with Crippen molar-refractivity contribution >= 4 is 61.4 Å². The lowest BCUT2D eigenvalue weighted by Gasteiger charge is -2.11. The summed E-state index contributed by atoms with van der Waals surface area (Å²) in [5, 5.41) is 5.42. The third-order valence-corrected chi connectivity index (χ3v) is 6.72. The summed E-state index contributed by atoms with van der Waals surface area (Å²) in [5.74, 6) is -0.740. The minimum Gasteiger partial charge on any atom is -0.397 e. The molecule has 2 aromatic carbocycles. The van der Waals surface area contributed by atoms with Crippen LogP contribution in [0.25, 0.3) is 21.5 Å². The topological polar surface area (TPSA) is 153 Å². The number of carbonyl (C=O) groups is 2. The summed E-state index contributed by atoms with van der Waals surface area (Å²) in [6.07, 6.45) is -3.08. The molecule has 2 aromatic heterocycles. The van der Waals surface area contributed by atoms with Crippen molar-refractivity contribution in [2.45, 2.75) is 11.3 Å². The summed E-state index contributed by atoms with van der Waals surface area (Å²) in [6.45, 7) is 0. The van der Waals surface area contributed by atoms with Crippen LogP contribution in [-0.2, 0) is 17.0 Å². The lowest BCUT2D eigenvalue weighted by molar-refractivity contribution is -0.137. The average molecular weight is 535 g/mol. The van der Waals surface area contributed by atoms with Crippen LogP contribution in [0.5, 0.6) is 0 Å². The summed E-state index contributed by atoms with van der Waals surface area (Å²) in [7, 11) is -1.54. The SMILES string of the molecule is CS(=O)c1nc(-c2cccc(NC(=O)Nc3ccc(C(F)(F)F)cc3)c2)c2c(N)c(C(N)=O)sc2n1. The highest BCUT2D eigenvalue weighted by atomic mass is 32.2. The van der Waals surface area contributed by atoms with Gasteiger partial charge in [-0.2, -0.15) is 13.2 Å². The highest BCUT2D eigenvalue weighted by Crippen LogP contribution is 2.39. The van der Waals surface area contributed by atoms with Gasteiger partial charge in [0.15, 0.2) is 0 Å². The Morgan fingerprint density at radius 2 is 1.69 bits per heavy atom. The number of nitrogen functional groups attached to an aromatic ring is 1. The normalized spacial score (nSPS) is 12.3. The predicted octanol–water partition coefficient (Wildman–Crippen LogP) is 4.44. The number of carbonyl (C=O) groups excluding carboxylic acids is 2. The molecule has 0 aliphatic heterocycles. The van der Waals surface area contributed by atoms with Crippen molar-refractivity contribution in [3.63, 3.8) is 0 Å². The van der Waals surface area contributed by atoms with Gasteiger partial charge >= 0.3 is 12.2 Å². The summed E-state index contributed by atoms with van der Waals surface area (Å²) in [4.78, 5) is 33.2. The Balaban J connectivity index is 1.65. The quantitative estimate of drug-likeness (QED) is 0.278. The Morgan fingerprint density at radius 3 is 2.31 bits per heavy atom. The molecule has 0 saturated heterocycles. The van der Waals surface area contributed by atoms with E-state index in [1.54, 1.807) is 24.3 Å². The number of hydrogen-bond donors (Lipinski definition) is 4. The lowest BCUT2D eigenvalue weighted by Crippen LogP contribution is -2.19. The number of nitrogens with two attached hydrogens (primary N) is 2. The maximum atomic E-state index is 12.7. The van der Waals surface area contributed by atoms with Crippen LogP contribution in [0.3, 0.4) is 0 Å². The standard InChI is InChI=1S/C22H17F3N6O3S2/c1-36(34)21-30-16(14-15(26)17(18(27)32)35-19(14)31-21)10-3-2-4-13(9-10)29-20(33)28-12-7-5-11(6-8-12)22(23,24)25/h2-9H,26H2,1H3,(H2,27,32)(H2,28,29,33). The number of primary amides is 1. The molecule has 4 aromatic rings. The molecule has 0 bridgehead atoms.